The lowest BCUT2D eigenvalue weighted by Gasteiger charge is -2.27. The van der Waals surface area contributed by atoms with Gasteiger partial charge < -0.3 is 5.32 Å². The molecule has 2 nitrogen and oxygen atoms in total. The Labute approximate surface area is 123 Å². The summed E-state index contributed by atoms with van der Waals surface area (Å²) in [4.78, 5) is 2.72. The summed E-state index contributed by atoms with van der Waals surface area (Å²) in [5, 5.41) is 3.72. The minimum atomic E-state index is 0.605. The lowest BCUT2D eigenvalue weighted by Crippen LogP contribution is -2.40. The number of fused-ring (bicyclic) bond motifs is 1. The van der Waals surface area contributed by atoms with Gasteiger partial charge in [-0.2, -0.15) is 0 Å². The van der Waals surface area contributed by atoms with Crippen LogP contribution in [0.25, 0.3) is 0 Å². The standard InChI is InChI=1S/C18H28N2/c1-3-14-7-9-15(10-8-14)18(4-2)20-12-16-6-5-11-19-17(16)13-20/h7-10,16-19H,3-6,11-13H2,1-2H3. The Morgan fingerprint density at radius 2 is 2.00 bits per heavy atom. The van der Waals surface area contributed by atoms with Gasteiger partial charge in [-0.05, 0) is 49.3 Å². The molecule has 1 N–H and O–H groups in total. The first-order valence-electron chi connectivity index (χ1n) is 8.38. The van der Waals surface area contributed by atoms with Crippen molar-refractivity contribution in [1.29, 1.82) is 0 Å². The molecule has 3 unspecified atom stereocenters. The Kier molecular flexibility index (Phi) is 4.42. The third-order valence-electron chi connectivity index (χ3n) is 5.23. The molecule has 2 aliphatic heterocycles. The zero-order valence-electron chi connectivity index (χ0n) is 12.9. The zero-order valence-corrected chi connectivity index (χ0v) is 12.9. The van der Waals surface area contributed by atoms with Crippen LogP contribution in [0.3, 0.4) is 0 Å². The lowest BCUT2D eigenvalue weighted by atomic mass is 9.94. The van der Waals surface area contributed by atoms with Crippen LogP contribution in [0.15, 0.2) is 24.3 Å². The fourth-order valence-corrected chi connectivity index (χ4v) is 4.01. The van der Waals surface area contributed by atoms with E-state index >= 15 is 0 Å². The SMILES string of the molecule is CCc1ccc(C(CC)N2CC3CCCNC3C2)cc1. The Bertz CT molecular complexity index is 412. The molecule has 2 heteroatoms. The molecule has 0 bridgehead atoms. The van der Waals surface area contributed by atoms with Crippen LogP contribution in [0, 0.1) is 5.92 Å². The fraction of sp³-hybridized carbons (Fsp3) is 0.667. The highest BCUT2D eigenvalue weighted by Crippen LogP contribution is 2.33. The first-order valence-corrected chi connectivity index (χ1v) is 8.38. The molecule has 0 spiro atoms. The molecule has 2 fully saturated rings. The van der Waals surface area contributed by atoms with E-state index < -0.39 is 0 Å². The highest BCUT2D eigenvalue weighted by Gasteiger charge is 2.36. The number of nitrogens with one attached hydrogen (secondary N) is 1. The van der Waals surface area contributed by atoms with Crippen molar-refractivity contribution in [3.63, 3.8) is 0 Å². The van der Waals surface area contributed by atoms with Crippen molar-refractivity contribution in [2.24, 2.45) is 5.92 Å². The molecule has 0 radical (unpaired) electrons. The minimum Gasteiger partial charge on any atom is -0.312 e. The van der Waals surface area contributed by atoms with Crippen molar-refractivity contribution in [2.45, 2.75) is 51.6 Å². The van der Waals surface area contributed by atoms with Crippen LogP contribution in [0.5, 0.6) is 0 Å². The second-order valence-corrected chi connectivity index (χ2v) is 6.44. The normalized spacial score (nSPS) is 28.3. The first kappa shape index (κ1) is 14.1. The van der Waals surface area contributed by atoms with Crippen LogP contribution < -0.4 is 5.32 Å². The highest BCUT2D eigenvalue weighted by atomic mass is 15.2. The van der Waals surface area contributed by atoms with Crippen LogP contribution in [0.1, 0.15) is 50.3 Å². The molecule has 3 atom stereocenters. The largest absolute Gasteiger partial charge is 0.312 e. The molecule has 0 aromatic heterocycles. The summed E-state index contributed by atoms with van der Waals surface area (Å²) in [6.45, 7) is 8.29. The van der Waals surface area contributed by atoms with E-state index in [1.807, 2.05) is 0 Å². The number of hydrogen-bond donors (Lipinski definition) is 1. The maximum atomic E-state index is 3.72. The first-order chi connectivity index (χ1) is 9.81. The monoisotopic (exact) mass is 272 g/mol. The van der Waals surface area contributed by atoms with Gasteiger partial charge in [0.15, 0.2) is 0 Å². The van der Waals surface area contributed by atoms with E-state index in [1.165, 1.54) is 50.0 Å². The van der Waals surface area contributed by atoms with E-state index in [0.717, 1.165) is 18.4 Å². The molecule has 2 saturated heterocycles. The Balaban J connectivity index is 1.72. The summed E-state index contributed by atoms with van der Waals surface area (Å²) < 4.78 is 0. The molecule has 0 saturated carbocycles. The molecule has 3 rings (SSSR count). The van der Waals surface area contributed by atoms with Crippen molar-refractivity contribution >= 4 is 0 Å². The maximum Gasteiger partial charge on any atom is 0.0346 e. The molecular weight excluding hydrogens is 244 g/mol. The van der Waals surface area contributed by atoms with Crippen LogP contribution in [0.2, 0.25) is 0 Å². The van der Waals surface area contributed by atoms with Crippen molar-refractivity contribution in [3.05, 3.63) is 35.4 Å². The number of piperidine rings is 1. The van der Waals surface area contributed by atoms with Gasteiger partial charge in [-0.15, -0.1) is 0 Å². The summed E-state index contributed by atoms with van der Waals surface area (Å²) in [7, 11) is 0. The van der Waals surface area contributed by atoms with Crippen molar-refractivity contribution < 1.29 is 0 Å². The van der Waals surface area contributed by atoms with Gasteiger partial charge in [0.2, 0.25) is 0 Å². The van der Waals surface area contributed by atoms with Crippen molar-refractivity contribution in [1.82, 2.24) is 10.2 Å². The van der Waals surface area contributed by atoms with Gasteiger partial charge >= 0.3 is 0 Å². The average Bonchev–Trinajstić information content (AvgIpc) is 2.92. The van der Waals surface area contributed by atoms with Gasteiger partial charge in [0.1, 0.15) is 0 Å². The molecule has 0 amide bonds. The number of hydrogen-bond acceptors (Lipinski definition) is 2. The summed E-state index contributed by atoms with van der Waals surface area (Å²) >= 11 is 0. The van der Waals surface area contributed by atoms with Crippen LogP contribution in [0.4, 0.5) is 0 Å². The van der Waals surface area contributed by atoms with Gasteiger partial charge in [-0.25, -0.2) is 0 Å². The molecule has 2 aliphatic rings. The van der Waals surface area contributed by atoms with Gasteiger partial charge in [-0.3, -0.25) is 4.90 Å². The highest BCUT2D eigenvalue weighted by molar-refractivity contribution is 5.25. The number of likely N-dealkylation sites (tertiary alicyclic amines) is 1. The minimum absolute atomic E-state index is 0.605. The van der Waals surface area contributed by atoms with Gasteiger partial charge in [-0.1, -0.05) is 38.1 Å². The van der Waals surface area contributed by atoms with Crippen LogP contribution in [-0.4, -0.2) is 30.6 Å². The second-order valence-electron chi connectivity index (χ2n) is 6.44. The number of rotatable bonds is 4. The van der Waals surface area contributed by atoms with E-state index in [0.29, 0.717) is 6.04 Å². The van der Waals surface area contributed by atoms with Crippen molar-refractivity contribution in [3.8, 4) is 0 Å². The summed E-state index contributed by atoms with van der Waals surface area (Å²) in [5.74, 6) is 0.882. The topological polar surface area (TPSA) is 15.3 Å². The van der Waals surface area contributed by atoms with Crippen LogP contribution >= 0.6 is 0 Å². The quantitative estimate of drug-likeness (QED) is 0.904. The third kappa shape index (κ3) is 2.77. The number of aryl methyl sites for hydroxylation is 1. The Hall–Kier alpha value is -0.860. The van der Waals surface area contributed by atoms with Gasteiger partial charge in [0.05, 0.1) is 0 Å². The smallest absolute Gasteiger partial charge is 0.0346 e. The number of nitrogens with zero attached hydrogens (tertiary/aromatic N) is 1. The average molecular weight is 272 g/mol. The van der Waals surface area contributed by atoms with E-state index in [-0.39, 0.29) is 0 Å². The van der Waals surface area contributed by atoms with E-state index in [1.54, 1.807) is 0 Å². The predicted molar refractivity (Wildman–Crippen MR) is 84.9 cm³/mol. The zero-order chi connectivity index (χ0) is 13.9. The van der Waals surface area contributed by atoms with E-state index in [9.17, 15) is 0 Å². The third-order valence-corrected chi connectivity index (χ3v) is 5.23. The molecule has 1 aromatic carbocycles. The van der Waals surface area contributed by atoms with E-state index in [4.69, 9.17) is 0 Å². The second kappa shape index (κ2) is 6.28. The summed E-state index contributed by atoms with van der Waals surface area (Å²) in [5.41, 5.74) is 2.95. The summed E-state index contributed by atoms with van der Waals surface area (Å²) in [6, 6.07) is 10.7. The van der Waals surface area contributed by atoms with Crippen molar-refractivity contribution in [2.75, 3.05) is 19.6 Å². The van der Waals surface area contributed by atoms with E-state index in [2.05, 4.69) is 48.3 Å². The molecule has 2 heterocycles. The molecule has 20 heavy (non-hydrogen) atoms. The predicted octanol–water partition coefficient (Wildman–Crippen LogP) is 3.38. The molecule has 0 aliphatic carbocycles. The molecule has 1 aromatic rings. The fourth-order valence-electron chi connectivity index (χ4n) is 4.01. The van der Waals surface area contributed by atoms with Gasteiger partial charge in [0, 0.05) is 25.2 Å². The van der Waals surface area contributed by atoms with Gasteiger partial charge in [0.25, 0.3) is 0 Å². The Morgan fingerprint density at radius 1 is 1.20 bits per heavy atom. The lowest BCUT2D eigenvalue weighted by molar-refractivity contribution is 0.228. The maximum absolute atomic E-state index is 3.72. The molecular formula is C18H28N2. The number of benzene rings is 1. The molecule has 110 valence electrons. The summed E-state index contributed by atoms with van der Waals surface area (Å²) in [6.07, 6.45) is 5.12. The van der Waals surface area contributed by atoms with Crippen LogP contribution in [-0.2, 0) is 6.42 Å². The Morgan fingerprint density at radius 3 is 2.65 bits per heavy atom.